The molecule has 0 saturated carbocycles. The molecule has 37 heavy (non-hydrogen) atoms. The Hall–Kier alpha value is -1.82. The average molecular weight is 536 g/mol. The maximum Gasteiger partial charge on any atom is 0.416 e. The lowest BCUT2D eigenvalue weighted by molar-refractivity contribution is -0.137. The van der Waals surface area contributed by atoms with Gasteiger partial charge in [0.15, 0.2) is 0 Å². The normalized spacial score (nSPS) is 13.2. The third-order valence-electron chi connectivity index (χ3n) is 7.22. The molecule has 0 bridgehead atoms. The number of unbranched alkanes of at least 4 members (excludes halogenated alkanes) is 8. The van der Waals surface area contributed by atoms with Crippen molar-refractivity contribution < 1.29 is 18.3 Å². The van der Waals surface area contributed by atoms with Gasteiger partial charge < -0.3 is 10.0 Å². The second-order valence-corrected chi connectivity index (χ2v) is 10.7. The summed E-state index contributed by atoms with van der Waals surface area (Å²) in [6.45, 7) is 6.82. The summed E-state index contributed by atoms with van der Waals surface area (Å²) in [6, 6.07) is 10.9. The molecular weight excluding hydrogens is 495 g/mol. The van der Waals surface area contributed by atoms with Crippen molar-refractivity contribution in [3.63, 3.8) is 0 Å². The second kappa shape index (κ2) is 14.4. The Bertz CT molecular complexity index is 1120. The first-order valence-corrected chi connectivity index (χ1v) is 14.3. The van der Waals surface area contributed by atoms with Gasteiger partial charge in [0.25, 0.3) is 0 Å². The Labute approximate surface area is 224 Å². The van der Waals surface area contributed by atoms with Crippen LogP contribution in [0.1, 0.15) is 95.3 Å². The van der Waals surface area contributed by atoms with E-state index in [9.17, 15) is 18.3 Å². The molecule has 3 rings (SSSR count). The van der Waals surface area contributed by atoms with Gasteiger partial charge in [-0.1, -0.05) is 88.9 Å². The van der Waals surface area contributed by atoms with Crippen LogP contribution in [0, 0.1) is 0 Å². The number of hydrogen-bond acceptors (Lipinski definition) is 2. The number of aliphatic hydroxyl groups excluding tert-OH is 1. The van der Waals surface area contributed by atoms with Gasteiger partial charge in [-0.3, -0.25) is 0 Å². The van der Waals surface area contributed by atoms with E-state index in [1.54, 1.807) is 12.1 Å². The van der Waals surface area contributed by atoms with E-state index in [0.29, 0.717) is 27.7 Å². The Morgan fingerprint density at radius 2 is 1.38 bits per heavy atom. The molecule has 0 radical (unpaired) electrons. The van der Waals surface area contributed by atoms with E-state index in [1.807, 2.05) is 12.1 Å². The van der Waals surface area contributed by atoms with Gasteiger partial charge in [-0.25, -0.2) is 0 Å². The van der Waals surface area contributed by atoms with Crippen molar-refractivity contribution in [2.75, 3.05) is 19.6 Å². The number of hydrogen-bond donors (Lipinski definition) is 1. The Kier molecular flexibility index (Phi) is 11.5. The number of aliphatic hydroxyl groups is 1. The van der Waals surface area contributed by atoms with E-state index in [4.69, 9.17) is 11.6 Å². The minimum atomic E-state index is -4.42. The van der Waals surface area contributed by atoms with Crippen LogP contribution in [0.15, 0.2) is 42.5 Å². The molecule has 0 saturated heterocycles. The first-order chi connectivity index (χ1) is 17.7. The topological polar surface area (TPSA) is 23.5 Å². The maximum absolute atomic E-state index is 13.4. The van der Waals surface area contributed by atoms with E-state index in [0.717, 1.165) is 42.9 Å². The largest absolute Gasteiger partial charge is 0.416 e. The lowest BCUT2D eigenvalue weighted by Crippen LogP contribution is -2.31. The first-order valence-electron chi connectivity index (χ1n) is 13.9. The lowest BCUT2D eigenvalue weighted by atomic mass is 9.93. The van der Waals surface area contributed by atoms with Gasteiger partial charge in [0.2, 0.25) is 0 Å². The predicted molar refractivity (Wildman–Crippen MR) is 150 cm³/mol. The highest BCUT2D eigenvalue weighted by atomic mass is 35.5. The fraction of sp³-hybridized carbons (Fsp3) is 0.548. The lowest BCUT2D eigenvalue weighted by Gasteiger charge is -2.26. The molecule has 1 atom stereocenters. The van der Waals surface area contributed by atoms with Crippen molar-refractivity contribution in [2.24, 2.45) is 0 Å². The van der Waals surface area contributed by atoms with Gasteiger partial charge in [-0.15, -0.1) is 0 Å². The minimum Gasteiger partial charge on any atom is -0.387 e. The molecule has 0 aliphatic heterocycles. The summed E-state index contributed by atoms with van der Waals surface area (Å²) < 4.78 is 40.2. The van der Waals surface area contributed by atoms with Gasteiger partial charge in [0.05, 0.1) is 11.7 Å². The van der Waals surface area contributed by atoms with Crippen molar-refractivity contribution >= 4 is 33.1 Å². The van der Waals surface area contributed by atoms with Crippen LogP contribution in [0.25, 0.3) is 21.5 Å². The fourth-order valence-electron chi connectivity index (χ4n) is 5.12. The molecule has 0 amide bonds. The van der Waals surface area contributed by atoms with Crippen LogP contribution in [0.4, 0.5) is 13.2 Å². The summed E-state index contributed by atoms with van der Waals surface area (Å²) in [5.41, 5.74) is 0.0489. The molecule has 204 valence electrons. The van der Waals surface area contributed by atoms with Crippen LogP contribution < -0.4 is 0 Å². The highest BCUT2D eigenvalue weighted by Crippen LogP contribution is 2.37. The van der Waals surface area contributed by atoms with E-state index >= 15 is 0 Å². The van der Waals surface area contributed by atoms with Crippen LogP contribution in [0.2, 0.25) is 5.02 Å². The van der Waals surface area contributed by atoms with Gasteiger partial charge in [0, 0.05) is 11.6 Å². The minimum absolute atomic E-state index is 0.457. The van der Waals surface area contributed by atoms with Gasteiger partial charge in [0.1, 0.15) is 0 Å². The molecule has 0 aliphatic rings. The van der Waals surface area contributed by atoms with Crippen molar-refractivity contribution in [1.82, 2.24) is 4.90 Å². The molecule has 0 aliphatic carbocycles. The quantitative estimate of drug-likeness (QED) is 0.154. The number of alkyl halides is 3. The Morgan fingerprint density at radius 1 is 0.757 bits per heavy atom. The highest BCUT2D eigenvalue weighted by molar-refractivity contribution is 6.32. The summed E-state index contributed by atoms with van der Waals surface area (Å²) in [5.74, 6) is 0. The van der Waals surface area contributed by atoms with Crippen LogP contribution in [-0.2, 0) is 6.18 Å². The smallest absolute Gasteiger partial charge is 0.387 e. The second-order valence-electron chi connectivity index (χ2n) is 10.2. The molecule has 1 N–H and O–H groups in total. The van der Waals surface area contributed by atoms with Crippen molar-refractivity contribution in [3.8, 4) is 0 Å². The van der Waals surface area contributed by atoms with E-state index in [-0.39, 0.29) is 0 Å². The summed E-state index contributed by atoms with van der Waals surface area (Å²) in [4.78, 5) is 2.36. The molecule has 0 heterocycles. The van der Waals surface area contributed by atoms with Crippen LogP contribution in [0.5, 0.6) is 0 Å². The van der Waals surface area contributed by atoms with Crippen LogP contribution in [0.3, 0.4) is 0 Å². The molecule has 0 aromatic heterocycles. The Balaban J connectivity index is 1.87. The molecular formula is C31H41ClF3NO. The monoisotopic (exact) mass is 535 g/mol. The first kappa shape index (κ1) is 29.7. The summed E-state index contributed by atoms with van der Waals surface area (Å²) in [5, 5.41) is 14.4. The van der Waals surface area contributed by atoms with Crippen molar-refractivity contribution in [3.05, 3.63) is 58.6 Å². The van der Waals surface area contributed by atoms with Crippen LogP contribution >= 0.6 is 11.6 Å². The summed E-state index contributed by atoms with van der Waals surface area (Å²) in [7, 11) is 0. The highest BCUT2D eigenvalue weighted by Gasteiger charge is 2.30. The Morgan fingerprint density at radius 3 is 1.97 bits per heavy atom. The predicted octanol–water partition coefficient (Wildman–Crippen LogP) is 9.94. The third-order valence-corrected chi connectivity index (χ3v) is 7.46. The number of nitrogens with zero attached hydrogens (tertiary/aromatic N) is 1. The molecule has 0 spiro atoms. The number of fused-ring (bicyclic) bond motifs is 3. The van der Waals surface area contributed by atoms with Crippen molar-refractivity contribution in [1.29, 1.82) is 0 Å². The zero-order valence-electron chi connectivity index (χ0n) is 22.2. The standard InChI is InChI=1S/C31H41ClF3NO/c1-3-5-7-9-11-17-36(18-12-10-8-6-4-2)22-30(37)29-19-23-13-14-24(31(33,34)35)20-27(23)28-21-25(32)15-16-26(28)29/h13-16,19-21,30,37H,3-12,17-18,22H2,1-2H3. The van der Waals surface area contributed by atoms with Crippen molar-refractivity contribution in [2.45, 2.75) is 90.3 Å². The molecule has 3 aromatic carbocycles. The SMILES string of the molecule is CCCCCCCN(CCCCCCC)CC(O)c1cc2ccc(C(F)(F)F)cc2c2cc(Cl)ccc12. The molecule has 6 heteroatoms. The number of halogens is 4. The number of benzene rings is 3. The van der Waals surface area contributed by atoms with Crippen LogP contribution in [-0.4, -0.2) is 29.6 Å². The zero-order valence-corrected chi connectivity index (χ0v) is 23.0. The molecule has 3 aromatic rings. The van der Waals surface area contributed by atoms with Gasteiger partial charge in [-0.05, 0) is 83.4 Å². The summed E-state index contributed by atoms with van der Waals surface area (Å²) in [6.07, 6.45) is 6.82. The molecule has 0 fully saturated rings. The van der Waals surface area contributed by atoms with Gasteiger partial charge in [-0.2, -0.15) is 13.2 Å². The average Bonchev–Trinajstić information content (AvgIpc) is 2.86. The van der Waals surface area contributed by atoms with E-state index < -0.39 is 17.8 Å². The third kappa shape index (κ3) is 8.59. The van der Waals surface area contributed by atoms with Gasteiger partial charge >= 0.3 is 6.18 Å². The summed E-state index contributed by atoms with van der Waals surface area (Å²) >= 11 is 6.26. The van der Waals surface area contributed by atoms with E-state index in [2.05, 4.69) is 18.7 Å². The molecule has 2 nitrogen and oxygen atoms in total. The molecule has 1 unspecified atom stereocenters. The maximum atomic E-state index is 13.4. The number of rotatable bonds is 15. The fourth-order valence-corrected chi connectivity index (χ4v) is 5.29. The van der Waals surface area contributed by atoms with E-state index in [1.165, 1.54) is 63.5 Å². The zero-order chi connectivity index (χ0) is 26.8.